The van der Waals surface area contributed by atoms with Crippen LogP contribution in [0.25, 0.3) is 22.4 Å². The van der Waals surface area contributed by atoms with Gasteiger partial charge >= 0.3 is 0 Å². The summed E-state index contributed by atoms with van der Waals surface area (Å²) in [5, 5.41) is 8.30. The molecule has 1 aliphatic heterocycles. The second-order valence-corrected chi connectivity index (χ2v) is 7.04. The second kappa shape index (κ2) is 5.64. The number of nitrogens with one attached hydrogen (secondary N) is 1. The second-order valence-electron chi connectivity index (χ2n) is 6.60. The van der Waals surface area contributed by atoms with Crippen LogP contribution in [0.2, 0.25) is 5.02 Å². The van der Waals surface area contributed by atoms with Crippen LogP contribution in [0.4, 0.5) is 4.39 Å². The molecule has 2 unspecified atom stereocenters. The maximum absolute atomic E-state index is 14.5. The first kappa shape index (κ1) is 15.5. The van der Waals surface area contributed by atoms with E-state index in [0.29, 0.717) is 27.5 Å². The molecule has 130 valence electrons. The lowest BCUT2D eigenvalue weighted by Gasteiger charge is -2.41. The van der Waals surface area contributed by atoms with E-state index in [4.69, 9.17) is 11.6 Å². The van der Waals surface area contributed by atoms with Crippen molar-refractivity contribution < 1.29 is 9.18 Å². The Balaban J connectivity index is 1.81. The number of hydrogen-bond acceptors (Lipinski definition) is 3. The zero-order valence-electron chi connectivity index (χ0n) is 13.6. The number of benzene rings is 1. The maximum Gasteiger partial charge on any atom is 0.270 e. The summed E-state index contributed by atoms with van der Waals surface area (Å²) < 4.78 is 16.2. The zero-order chi connectivity index (χ0) is 17.8. The fourth-order valence-electron chi connectivity index (χ4n) is 3.72. The third-order valence-corrected chi connectivity index (χ3v) is 5.41. The van der Waals surface area contributed by atoms with Crippen LogP contribution < -0.4 is 5.32 Å². The summed E-state index contributed by atoms with van der Waals surface area (Å²) in [6.07, 6.45) is 4.56. The molecule has 5 rings (SSSR count). The first-order valence-electron chi connectivity index (χ1n) is 8.42. The van der Waals surface area contributed by atoms with Gasteiger partial charge in [0.1, 0.15) is 11.4 Å². The monoisotopic (exact) mass is 368 g/mol. The van der Waals surface area contributed by atoms with Crippen molar-refractivity contribution in [1.82, 2.24) is 20.1 Å². The van der Waals surface area contributed by atoms with Gasteiger partial charge in [0.25, 0.3) is 5.91 Å². The van der Waals surface area contributed by atoms with Crippen LogP contribution in [0, 0.1) is 5.82 Å². The molecule has 1 N–H and O–H groups in total. The highest BCUT2D eigenvalue weighted by atomic mass is 35.5. The standard InChI is InChI=1S/C19H14ClFN4O/c20-11-3-1-10(2-4-11)16-17(12-7-8-22-9-13(12)21)24-25-15-6-5-14(15)23-19(26)18(16)25/h1-4,7-9,14-15H,5-6H2,(H,23,26). The van der Waals surface area contributed by atoms with Crippen molar-refractivity contribution in [3.05, 3.63) is 59.3 Å². The van der Waals surface area contributed by atoms with Gasteiger partial charge in [-0.15, -0.1) is 0 Å². The summed E-state index contributed by atoms with van der Waals surface area (Å²) in [5.74, 6) is -0.646. The minimum absolute atomic E-state index is 0.100. The molecule has 1 saturated carbocycles. The summed E-state index contributed by atoms with van der Waals surface area (Å²) >= 11 is 6.01. The number of fused-ring (bicyclic) bond motifs is 3. The largest absolute Gasteiger partial charge is 0.346 e. The Kier molecular flexibility index (Phi) is 3.37. The topological polar surface area (TPSA) is 59.8 Å². The van der Waals surface area contributed by atoms with Gasteiger partial charge in [0, 0.05) is 22.3 Å². The molecule has 0 spiro atoms. The van der Waals surface area contributed by atoms with E-state index in [-0.39, 0.29) is 18.0 Å². The molecule has 0 saturated heterocycles. The zero-order valence-corrected chi connectivity index (χ0v) is 14.4. The van der Waals surface area contributed by atoms with Gasteiger partial charge in [-0.25, -0.2) is 4.39 Å². The van der Waals surface area contributed by atoms with Crippen molar-refractivity contribution in [2.75, 3.05) is 0 Å². The predicted molar refractivity (Wildman–Crippen MR) is 95.4 cm³/mol. The number of carbonyl (C=O) groups excluding carboxylic acids is 1. The highest BCUT2D eigenvalue weighted by Gasteiger charge is 2.43. The van der Waals surface area contributed by atoms with Crippen molar-refractivity contribution in [2.24, 2.45) is 0 Å². The van der Waals surface area contributed by atoms with E-state index in [2.05, 4.69) is 15.4 Å². The molecule has 7 heteroatoms. The lowest BCUT2D eigenvalue weighted by molar-refractivity contribution is 0.0784. The van der Waals surface area contributed by atoms with Gasteiger partial charge in [-0.05, 0) is 36.6 Å². The Bertz CT molecular complexity index is 1030. The fourth-order valence-corrected chi connectivity index (χ4v) is 3.84. The molecule has 1 fully saturated rings. The number of carbonyl (C=O) groups is 1. The third kappa shape index (κ3) is 2.18. The molecular weight excluding hydrogens is 355 g/mol. The van der Waals surface area contributed by atoms with E-state index < -0.39 is 5.82 Å². The molecule has 0 radical (unpaired) electrons. The van der Waals surface area contributed by atoms with E-state index in [0.717, 1.165) is 24.6 Å². The van der Waals surface area contributed by atoms with Crippen molar-refractivity contribution in [2.45, 2.75) is 24.9 Å². The number of aromatic nitrogens is 3. The van der Waals surface area contributed by atoms with E-state index in [1.165, 1.54) is 6.20 Å². The smallest absolute Gasteiger partial charge is 0.270 e. The van der Waals surface area contributed by atoms with Crippen LogP contribution in [0.1, 0.15) is 29.4 Å². The van der Waals surface area contributed by atoms with E-state index >= 15 is 0 Å². The van der Waals surface area contributed by atoms with Gasteiger partial charge in [-0.3, -0.25) is 14.5 Å². The lowest BCUT2D eigenvalue weighted by atomic mass is 9.84. The summed E-state index contributed by atoms with van der Waals surface area (Å²) in [5.41, 5.74) is 2.64. The molecule has 3 aromatic rings. The SMILES string of the molecule is O=C1NC2CCC2n2nc(-c3ccncc3F)c(-c3ccc(Cl)cc3)c21. The highest BCUT2D eigenvalue weighted by Crippen LogP contribution is 2.43. The molecule has 0 bridgehead atoms. The third-order valence-electron chi connectivity index (χ3n) is 5.15. The van der Waals surface area contributed by atoms with Crippen LogP contribution in [0.5, 0.6) is 0 Å². The molecule has 1 aliphatic carbocycles. The van der Waals surface area contributed by atoms with Gasteiger partial charge in [0.15, 0.2) is 5.82 Å². The average molecular weight is 369 g/mol. The Morgan fingerprint density at radius 1 is 1.19 bits per heavy atom. The summed E-state index contributed by atoms with van der Waals surface area (Å²) in [6.45, 7) is 0. The Labute approximate surface area is 153 Å². The van der Waals surface area contributed by atoms with Gasteiger partial charge in [0.05, 0.1) is 18.3 Å². The molecular formula is C19H14ClFN4O. The minimum atomic E-state index is -0.469. The number of halogens is 2. The van der Waals surface area contributed by atoms with Crippen molar-refractivity contribution in [3.8, 4) is 22.4 Å². The Morgan fingerprint density at radius 2 is 2.00 bits per heavy atom. The van der Waals surface area contributed by atoms with Gasteiger partial charge in [-0.2, -0.15) is 5.10 Å². The maximum atomic E-state index is 14.5. The first-order chi connectivity index (χ1) is 12.6. The van der Waals surface area contributed by atoms with Crippen LogP contribution in [-0.2, 0) is 0 Å². The van der Waals surface area contributed by atoms with E-state index in [9.17, 15) is 9.18 Å². The molecule has 2 aliphatic rings. The first-order valence-corrected chi connectivity index (χ1v) is 8.80. The number of hydrogen-bond donors (Lipinski definition) is 1. The van der Waals surface area contributed by atoms with Crippen molar-refractivity contribution in [3.63, 3.8) is 0 Å². The number of nitrogens with zero attached hydrogens (tertiary/aromatic N) is 3. The van der Waals surface area contributed by atoms with E-state index in [1.807, 2.05) is 12.1 Å². The molecule has 26 heavy (non-hydrogen) atoms. The van der Waals surface area contributed by atoms with Crippen LogP contribution >= 0.6 is 11.6 Å². The normalized spacial score (nSPS) is 20.8. The summed E-state index contributed by atoms with van der Waals surface area (Å²) in [4.78, 5) is 16.6. The predicted octanol–water partition coefficient (Wildman–Crippen LogP) is 3.85. The molecule has 5 nitrogen and oxygen atoms in total. The molecule has 2 atom stereocenters. The molecule has 3 heterocycles. The lowest BCUT2D eigenvalue weighted by Crippen LogP contribution is -2.53. The summed E-state index contributed by atoms with van der Waals surface area (Å²) in [7, 11) is 0. The number of amides is 1. The quantitative estimate of drug-likeness (QED) is 0.747. The van der Waals surface area contributed by atoms with Crippen LogP contribution in [0.3, 0.4) is 0 Å². The van der Waals surface area contributed by atoms with Gasteiger partial charge in [0.2, 0.25) is 0 Å². The van der Waals surface area contributed by atoms with Gasteiger partial charge in [-0.1, -0.05) is 23.7 Å². The number of rotatable bonds is 2. The molecule has 2 aromatic heterocycles. The highest BCUT2D eigenvalue weighted by molar-refractivity contribution is 6.30. The molecule has 1 amide bonds. The Morgan fingerprint density at radius 3 is 2.69 bits per heavy atom. The van der Waals surface area contributed by atoms with Crippen LogP contribution in [0.15, 0.2) is 42.7 Å². The summed E-state index contributed by atoms with van der Waals surface area (Å²) in [6, 6.07) is 8.95. The fraction of sp³-hybridized carbons (Fsp3) is 0.211. The Hall–Kier alpha value is -2.73. The molecule has 1 aromatic carbocycles. The van der Waals surface area contributed by atoms with Crippen molar-refractivity contribution in [1.29, 1.82) is 0 Å². The minimum Gasteiger partial charge on any atom is -0.346 e. The van der Waals surface area contributed by atoms with Crippen LogP contribution in [-0.4, -0.2) is 26.7 Å². The van der Waals surface area contributed by atoms with E-state index in [1.54, 1.807) is 22.9 Å². The van der Waals surface area contributed by atoms with Gasteiger partial charge < -0.3 is 5.32 Å². The average Bonchev–Trinajstić information content (AvgIpc) is 2.99. The number of pyridine rings is 1. The van der Waals surface area contributed by atoms with Crippen molar-refractivity contribution >= 4 is 17.5 Å².